The number of nitrogens with zero attached hydrogens (tertiary/aromatic N) is 2. The van der Waals surface area contributed by atoms with E-state index in [0.29, 0.717) is 0 Å². The van der Waals surface area contributed by atoms with Crippen molar-refractivity contribution in [1.82, 2.24) is 9.55 Å². The Morgan fingerprint density at radius 2 is 1.88 bits per heavy atom. The number of ether oxygens (including phenoxy) is 1. The second-order valence-electron chi connectivity index (χ2n) is 7.84. The minimum atomic E-state index is -1.95. The molecule has 0 unspecified atom stereocenters. The summed E-state index contributed by atoms with van der Waals surface area (Å²) in [5, 5.41) is 2.04. The van der Waals surface area contributed by atoms with Crippen LogP contribution in [0.5, 0.6) is 5.75 Å². The minimum Gasteiger partial charge on any atom is -0.543 e. The lowest BCUT2D eigenvalue weighted by molar-refractivity contribution is 0.175. The van der Waals surface area contributed by atoms with Crippen molar-refractivity contribution in [1.29, 1.82) is 0 Å². The zero-order chi connectivity index (χ0) is 19.3. The van der Waals surface area contributed by atoms with Crippen molar-refractivity contribution in [3.8, 4) is 5.75 Å². The average molecular weight is 482 g/mol. The van der Waals surface area contributed by atoms with Crippen molar-refractivity contribution in [3.63, 3.8) is 0 Å². The second-order valence-corrected chi connectivity index (χ2v) is 13.6. The Hall–Kier alpha value is -1.61. The molecule has 0 atom stereocenters. The molecule has 0 aliphatic carbocycles. The molecule has 2 heterocycles. The quantitative estimate of drug-likeness (QED) is 0.264. The lowest BCUT2D eigenvalue weighted by Gasteiger charge is -2.36. The standard InChI is InChI=1S/C19H23IN2O3Si/c1-19(2,3)26(5,6)25-12-7-8-15-14(11-12)13-9-10-21-17(20)16(13)22(15)18(23)24-4/h7-11H,1-6H3. The van der Waals surface area contributed by atoms with Crippen LogP contribution in [0.15, 0.2) is 30.5 Å². The highest BCUT2D eigenvalue weighted by atomic mass is 127. The molecule has 0 aliphatic heterocycles. The summed E-state index contributed by atoms with van der Waals surface area (Å²) < 4.78 is 13.8. The van der Waals surface area contributed by atoms with Gasteiger partial charge in [0.15, 0.2) is 0 Å². The molecule has 0 saturated carbocycles. The Bertz CT molecular complexity index is 1010. The van der Waals surface area contributed by atoms with E-state index in [-0.39, 0.29) is 5.04 Å². The molecule has 1 aromatic carbocycles. The topological polar surface area (TPSA) is 53.4 Å². The summed E-state index contributed by atoms with van der Waals surface area (Å²) in [6.07, 6.45) is 1.33. The summed E-state index contributed by atoms with van der Waals surface area (Å²) in [5.74, 6) is 0.833. The summed E-state index contributed by atoms with van der Waals surface area (Å²) in [4.78, 5) is 16.7. The Kier molecular flexibility index (Phi) is 4.81. The van der Waals surface area contributed by atoms with E-state index in [9.17, 15) is 4.79 Å². The Morgan fingerprint density at radius 1 is 1.19 bits per heavy atom. The van der Waals surface area contributed by atoms with Gasteiger partial charge in [-0.3, -0.25) is 0 Å². The normalized spacial score (nSPS) is 12.6. The van der Waals surface area contributed by atoms with Crippen molar-refractivity contribution in [3.05, 3.63) is 34.2 Å². The van der Waals surface area contributed by atoms with Gasteiger partial charge in [0.05, 0.1) is 18.1 Å². The number of carbonyl (C=O) groups is 1. The number of pyridine rings is 1. The van der Waals surface area contributed by atoms with Gasteiger partial charge in [0.25, 0.3) is 0 Å². The number of rotatable bonds is 2. The number of methoxy groups -OCH3 is 1. The van der Waals surface area contributed by atoms with Crippen molar-refractivity contribution < 1.29 is 14.0 Å². The van der Waals surface area contributed by atoms with E-state index in [4.69, 9.17) is 9.16 Å². The lowest BCUT2D eigenvalue weighted by Crippen LogP contribution is -2.43. The van der Waals surface area contributed by atoms with Crippen LogP contribution in [0.2, 0.25) is 18.1 Å². The molecule has 0 amide bonds. The fraction of sp³-hybridized carbons (Fsp3) is 0.368. The molecule has 0 radical (unpaired) electrons. The van der Waals surface area contributed by atoms with Crippen LogP contribution >= 0.6 is 22.6 Å². The van der Waals surface area contributed by atoms with Crippen LogP contribution in [0.4, 0.5) is 4.79 Å². The maximum atomic E-state index is 12.4. The fourth-order valence-corrected chi connectivity index (χ4v) is 4.41. The highest BCUT2D eigenvalue weighted by Crippen LogP contribution is 2.39. The van der Waals surface area contributed by atoms with Gasteiger partial charge < -0.3 is 9.16 Å². The van der Waals surface area contributed by atoms with E-state index >= 15 is 0 Å². The Labute approximate surface area is 168 Å². The highest BCUT2D eigenvalue weighted by molar-refractivity contribution is 14.1. The summed E-state index contributed by atoms with van der Waals surface area (Å²) in [6, 6.07) is 7.80. The molecule has 7 heteroatoms. The molecule has 138 valence electrons. The fourth-order valence-electron chi connectivity index (χ4n) is 2.70. The predicted octanol–water partition coefficient (Wildman–Crippen LogP) is 5.79. The zero-order valence-electron chi connectivity index (χ0n) is 15.9. The molecular weight excluding hydrogens is 459 g/mol. The number of hydrogen-bond donors (Lipinski definition) is 0. The van der Waals surface area contributed by atoms with Gasteiger partial charge in [0.2, 0.25) is 8.32 Å². The van der Waals surface area contributed by atoms with Gasteiger partial charge in [0, 0.05) is 17.0 Å². The summed E-state index contributed by atoms with van der Waals surface area (Å²) in [7, 11) is -0.559. The molecule has 2 aromatic heterocycles. The first-order valence-corrected chi connectivity index (χ1v) is 12.4. The van der Waals surface area contributed by atoms with Crippen LogP contribution < -0.4 is 4.43 Å². The predicted molar refractivity (Wildman–Crippen MR) is 116 cm³/mol. The third-order valence-corrected chi connectivity index (χ3v) is 10.3. The van der Waals surface area contributed by atoms with Gasteiger partial charge in [-0.25, -0.2) is 14.3 Å². The first kappa shape index (κ1) is 19.2. The van der Waals surface area contributed by atoms with Crippen LogP contribution in [-0.4, -0.2) is 31.1 Å². The molecule has 3 aromatic rings. The SMILES string of the molecule is COC(=O)n1c2ccc(O[Si](C)(C)C(C)(C)C)cc2c2ccnc(I)c21. The van der Waals surface area contributed by atoms with E-state index < -0.39 is 14.4 Å². The van der Waals surface area contributed by atoms with Gasteiger partial charge >= 0.3 is 6.09 Å². The monoisotopic (exact) mass is 482 g/mol. The third-order valence-electron chi connectivity index (χ3n) is 5.14. The number of hydrogen-bond acceptors (Lipinski definition) is 4. The molecule has 0 aliphatic rings. The lowest BCUT2D eigenvalue weighted by atomic mass is 10.2. The van der Waals surface area contributed by atoms with Crippen LogP contribution in [-0.2, 0) is 4.74 Å². The van der Waals surface area contributed by atoms with Crippen molar-refractivity contribution in [2.75, 3.05) is 7.11 Å². The van der Waals surface area contributed by atoms with E-state index in [0.717, 1.165) is 31.3 Å². The van der Waals surface area contributed by atoms with Crippen LogP contribution in [0, 0.1) is 3.70 Å². The van der Waals surface area contributed by atoms with Gasteiger partial charge in [-0.2, -0.15) is 0 Å². The maximum Gasteiger partial charge on any atom is 0.418 e. The first-order chi connectivity index (χ1) is 12.1. The number of halogens is 1. The smallest absolute Gasteiger partial charge is 0.418 e. The molecule has 0 fully saturated rings. The molecule has 0 bridgehead atoms. The van der Waals surface area contributed by atoms with E-state index in [2.05, 4.69) is 61.4 Å². The van der Waals surface area contributed by atoms with Gasteiger partial charge in [-0.1, -0.05) is 20.8 Å². The number of benzene rings is 1. The first-order valence-electron chi connectivity index (χ1n) is 8.43. The van der Waals surface area contributed by atoms with Crippen molar-refractivity contribution in [2.24, 2.45) is 0 Å². The molecule has 0 spiro atoms. The third kappa shape index (κ3) is 3.11. The van der Waals surface area contributed by atoms with Crippen molar-refractivity contribution in [2.45, 2.75) is 38.9 Å². The van der Waals surface area contributed by atoms with Crippen LogP contribution in [0.1, 0.15) is 20.8 Å². The van der Waals surface area contributed by atoms with Gasteiger partial charge in [-0.15, -0.1) is 0 Å². The van der Waals surface area contributed by atoms with Crippen LogP contribution in [0.25, 0.3) is 21.8 Å². The molecule has 26 heavy (non-hydrogen) atoms. The number of carbonyl (C=O) groups excluding carboxylic acids is 1. The molecular formula is C19H23IN2O3Si. The largest absolute Gasteiger partial charge is 0.543 e. The van der Waals surface area contributed by atoms with Gasteiger partial charge in [0.1, 0.15) is 9.45 Å². The van der Waals surface area contributed by atoms with Crippen LogP contribution in [0.3, 0.4) is 0 Å². The summed E-state index contributed by atoms with van der Waals surface area (Å²) >= 11 is 2.15. The second kappa shape index (κ2) is 6.52. The van der Waals surface area contributed by atoms with E-state index in [1.807, 2.05) is 24.3 Å². The number of aromatic nitrogens is 2. The van der Waals surface area contributed by atoms with Crippen molar-refractivity contribution >= 4 is 58.8 Å². The summed E-state index contributed by atoms with van der Waals surface area (Å²) in [5.41, 5.74) is 1.56. The maximum absolute atomic E-state index is 12.4. The van der Waals surface area contributed by atoms with E-state index in [1.165, 1.54) is 7.11 Å². The minimum absolute atomic E-state index is 0.112. The summed E-state index contributed by atoms with van der Waals surface area (Å²) in [6.45, 7) is 11.1. The van der Waals surface area contributed by atoms with E-state index in [1.54, 1.807) is 10.8 Å². The highest BCUT2D eigenvalue weighted by Gasteiger charge is 2.39. The van der Waals surface area contributed by atoms with Gasteiger partial charge in [-0.05, 0) is 65.0 Å². The molecule has 0 saturated heterocycles. The Balaban J connectivity index is 2.24. The number of fused-ring (bicyclic) bond motifs is 3. The molecule has 3 rings (SSSR count). The Morgan fingerprint density at radius 3 is 2.50 bits per heavy atom. The molecule has 5 nitrogen and oxygen atoms in total. The molecule has 0 N–H and O–H groups in total. The zero-order valence-corrected chi connectivity index (χ0v) is 19.0. The average Bonchev–Trinajstić information content (AvgIpc) is 2.88.